The van der Waals surface area contributed by atoms with Crippen molar-refractivity contribution in [2.24, 2.45) is 5.92 Å². The lowest BCUT2D eigenvalue weighted by Gasteiger charge is -2.41. The quantitative estimate of drug-likeness (QED) is 0.621. The van der Waals surface area contributed by atoms with Crippen LogP contribution >= 0.6 is 0 Å². The number of aliphatic hydroxyl groups is 2. The van der Waals surface area contributed by atoms with Crippen LogP contribution in [0, 0.1) is 5.92 Å². The standard InChI is InChI=1S/C9H19NO2/c1-3-10-5-4-8(6-11)9(2,12)7-10/h8,11-12H,3-7H2,1-2H3. The molecule has 1 rings (SSSR count). The van der Waals surface area contributed by atoms with Crippen LogP contribution in [0.3, 0.4) is 0 Å². The van der Waals surface area contributed by atoms with E-state index in [1.54, 1.807) is 0 Å². The molecule has 1 aliphatic heterocycles. The van der Waals surface area contributed by atoms with Gasteiger partial charge in [-0.3, -0.25) is 0 Å². The summed E-state index contributed by atoms with van der Waals surface area (Å²) in [7, 11) is 0. The maximum Gasteiger partial charge on any atom is 0.0796 e. The van der Waals surface area contributed by atoms with Gasteiger partial charge in [-0.2, -0.15) is 0 Å². The van der Waals surface area contributed by atoms with Crippen molar-refractivity contribution in [1.29, 1.82) is 0 Å². The molecule has 0 spiro atoms. The van der Waals surface area contributed by atoms with Crippen LogP contribution in [0.2, 0.25) is 0 Å². The number of rotatable bonds is 2. The minimum absolute atomic E-state index is 0.0558. The number of aliphatic hydroxyl groups excluding tert-OH is 1. The maximum atomic E-state index is 9.93. The Kier molecular flexibility index (Phi) is 3.09. The molecule has 0 amide bonds. The van der Waals surface area contributed by atoms with Gasteiger partial charge in [-0.15, -0.1) is 0 Å². The van der Waals surface area contributed by atoms with Crippen molar-refractivity contribution in [2.45, 2.75) is 25.9 Å². The van der Waals surface area contributed by atoms with Gasteiger partial charge in [-0.25, -0.2) is 0 Å². The maximum absolute atomic E-state index is 9.93. The van der Waals surface area contributed by atoms with Crippen molar-refractivity contribution in [3.63, 3.8) is 0 Å². The first-order chi connectivity index (χ1) is 5.60. The first-order valence-electron chi connectivity index (χ1n) is 4.65. The van der Waals surface area contributed by atoms with E-state index in [9.17, 15) is 5.11 Å². The SMILES string of the molecule is CCN1CCC(CO)C(C)(O)C1. The molecule has 72 valence electrons. The smallest absolute Gasteiger partial charge is 0.0796 e. The van der Waals surface area contributed by atoms with Crippen molar-refractivity contribution in [2.75, 3.05) is 26.2 Å². The zero-order valence-electron chi connectivity index (χ0n) is 7.95. The molecule has 0 aromatic heterocycles. The summed E-state index contributed by atoms with van der Waals surface area (Å²) < 4.78 is 0. The highest BCUT2D eigenvalue weighted by molar-refractivity contribution is 4.89. The van der Waals surface area contributed by atoms with E-state index >= 15 is 0 Å². The summed E-state index contributed by atoms with van der Waals surface area (Å²) in [5.74, 6) is 0.0558. The van der Waals surface area contributed by atoms with Crippen molar-refractivity contribution in [3.05, 3.63) is 0 Å². The summed E-state index contributed by atoms with van der Waals surface area (Å²) in [5.41, 5.74) is -0.705. The molecular weight excluding hydrogens is 154 g/mol. The van der Waals surface area contributed by atoms with Crippen LogP contribution in [0.25, 0.3) is 0 Å². The van der Waals surface area contributed by atoms with Crippen LogP contribution in [-0.4, -0.2) is 47.0 Å². The Morgan fingerprint density at radius 3 is 2.67 bits per heavy atom. The summed E-state index contributed by atoms with van der Waals surface area (Å²) in [5, 5.41) is 18.9. The van der Waals surface area contributed by atoms with Gasteiger partial charge in [0.2, 0.25) is 0 Å². The first-order valence-corrected chi connectivity index (χ1v) is 4.65. The Hall–Kier alpha value is -0.120. The summed E-state index contributed by atoms with van der Waals surface area (Å²) in [6.07, 6.45) is 0.900. The predicted octanol–water partition coefficient (Wildman–Crippen LogP) is 0.0715. The van der Waals surface area contributed by atoms with Gasteiger partial charge in [0.05, 0.1) is 5.60 Å². The molecular formula is C9H19NO2. The zero-order valence-corrected chi connectivity index (χ0v) is 7.95. The van der Waals surface area contributed by atoms with Gasteiger partial charge in [0.25, 0.3) is 0 Å². The van der Waals surface area contributed by atoms with Gasteiger partial charge in [0, 0.05) is 19.1 Å². The van der Waals surface area contributed by atoms with E-state index in [0.29, 0.717) is 6.54 Å². The molecule has 0 aliphatic carbocycles. The summed E-state index contributed by atoms with van der Waals surface area (Å²) in [6.45, 7) is 6.68. The molecule has 1 heterocycles. The van der Waals surface area contributed by atoms with Gasteiger partial charge in [-0.05, 0) is 26.4 Å². The molecule has 1 saturated heterocycles. The molecule has 3 heteroatoms. The van der Waals surface area contributed by atoms with Crippen LogP contribution in [0.4, 0.5) is 0 Å². The number of likely N-dealkylation sites (N-methyl/N-ethyl adjacent to an activating group) is 1. The summed E-state index contributed by atoms with van der Waals surface area (Å²) in [6, 6.07) is 0. The Labute approximate surface area is 74.0 Å². The third kappa shape index (κ3) is 1.97. The van der Waals surface area contributed by atoms with E-state index in [1.165, 1.54) is 0 Å². The second-order valence-corrected chi connectivity index (χ2v) is 3.89. The number of likely N-dealkylation sites (tertiary alicyclic amines) is 1. The number of β-amino-alcohol motifs (C(OH)–C–C–N with tert-alkyl or cyclic N) is 1. The topological polar surface area (TPSA) is 43.7 Å². The molecule has 0 radical (unpaired) electrons. The molecule has 1 aliphatic rings. The average Bonchev–Trinajstić information content (AvgIpc) is 2.02. The Morgan fingerprint density at radius 2 is 2.25 bits per heavy atom. The van der Waals surface area contributed by atoms with Crippen molar-refractivity contribution >= 4 is 0 Å². The molecule has 0 aromatic carbocycles. The highest BCUT2D eigenvalue weighted by atomic mass is 16.3. The predicted molar refractivity (Wildman–Crippen MR) is 47.9 cm³/mol. The summed E-state index contributed by atoms with van der Waals surface area (Å²) in [4.78, 5) is 2.21. The van der Waals surface area contributed by atoms with Crippen LogP contribution in [-0.2, 0) is 0 Å². The van der Waals surface area contributed by atoms with E-state index in [-0.39, 0.29) is 12.5 Å². The number of hydrogen-bond donors (Lipinski definition) is 2. The molecule has 0 saturated carbocycles. The molecule has 1 fully saturated rings. The highest BCUT2D eigenvalue weighted by Gasteiger charge is 2.36. The van der Waals surface area contributed by atoms with Gasteiger partial charge in [0.1, 0.15) is 0 Å². The number of nitrogens with zero attached hydrogens (tertiary/aromatic N) is 1. The Morgan fingerprint density at radius 1 is 1.58 bits per heavy atom. The van der Waals surface area contributed by atoms with Gasteiger partial charge >= 0.3 is 0 Å². The third-order valence-corrected chi connectivity index (χ3v) is 2.88. The van der Waals surface area contributed by atoms with Crippen molar-refractivity contribution in [1.82, 2.24) is 4.90 Å². The highest BCUT2D eigenvalue weighted by Crippen LogP contribution is 2.26. The van der Waals surface area contributed by atoms with Crippen LogP contribution in [0.15, 0.2) is 0 Å². The number of hydrogen-bond acceptors (Lipinski definition) is 3. The molecule has 2 unspecified atom stereocenters. The second-order valence-electron chi connectivity index (χ2n) is 3.89. The lowest BCUT2D eigenvalue weighted by atomic mass is 9.83. The lowest BCUT2D eigenvalue weighted by molar-refractivity contribution is -0.0780. The fraction of sp³-hybridized carbons (Fsp3) is 1.00. The van der Waals surface area contributed by atoms with Crippen LogP contribution < -0.4 is 0 Å². The Bertz CT molecular complexity index is 147. The first kappa shape index (κ1) is 9.96. The molecule has 3 nitrogen and oxygen atoms in total. The molecule has 2 atom stereocenters. The van der Waals surface area contributed by atoms with Gasteiger partial charge < -0.3 is 15.1 Å². The van der Waals surface area contributed by atoms with Crippen molar-refractivity contribution < 1.29 is 10.2 Å². The van der Waals surface area contributed by atoms with E-state index in [1.807, 2.05) is 6.92 Å². The fourth-order valence-corrected chi connectivity index (χ4v) is 1.87. The van der Waals surface area contributed by atoms with Gasteiger partial charge in [-0.1, -0.05) is 6.92 Å². The largest absolute Gasteiger partial charge is 0.396 e. The van der Waals surface area contributed by atoms with E-state index in [4.69, 9.17) is 5.11 Å². The molecule has 0 bridgehead atoms. The molecule has 0 aromatic rings. The normalized spacial score (nSPS) is 38.5. The minimum Gasteiger partial charge on any atom is -0.396 e. The van der Waals surface area contributed by atoms with Crippen molar-refractivity contribution in [3.8, 4) is 0 Å². The lowest BCUT2D eigenvalue weighted by Crippen LogP contribution is -2.53. The second kappa shape index (κ2) is 3.73. The summed E-state index contributed by atoms with van der Waals surface area (Å²) >= 11 is 0. The Balaban J connectivity index is 2.54. The van der Waals surface area contributed by atoms with E-state index < -0.39 is 5.60 Å². The van der Waals surface area contributed by atoms with Crippen LogP contribution in [0.5, 0.6) is 0 Å². The monoisotopic (exact) mass is 173 g/mol. The van der Waals surface area contributed by atoms with E-state index in [0.717, 1.165) is 19.5 Å². The fourth-order valence-electron chi connectivity index (χ4n) is 1.87. The van der Waals surface area contributed by atoms with E-state index in [2.05, 4.69) is 11.8 Å². The average molecular weight is 173 g/mol. The minimum atomic E-state index is -0.705. The number of piperidine rings is 1. The molecule has 2 N–H and O–H groups in total. The third-order valence-electron chi connectivity index (χ3n) is 2.88. The zero-order chi connectivity index (χ0) is 9.19. The van der Waals surface area contributed by atoms with Gasteiger partial charge in [0.15, 0.2) is 0 Å². The molecule has 12 heavy (non-hydrogen) atoms. The van der Waals surface area contributed by atoms with Crippen LogP contribution in [0.1, 0.15) is 20.3 Å².